The van der Waals surface area contributed by atoms with Gasteiger partial charge in [-0.1, -0.05) is 35.8 Å². The average Bonchev–Trinajstić information content (AvgIpc) is 2.44. The maximum absolute atomic E-state index is 3.35. The van der Waals surface area contributed by atoms with Gasteiger partial charge in [-0.05, 0) is 89.4 Å². The van der Waals surface area contributed by atoms with Gasteiger partial charge in [-0.15, -0.1) is 0 Å². The van der Waals surface area contributed by atoms with Gasteiger partial charge in [-0.3, -0.25) is 0 Å². The zero-order valence-corrected chi connectivity index (χ0v) is 16.3. The molecule has 0 bridgehead atoms. The molecule has 0 aliphatic heterocycles. The predicted octanol–water partition coefficient (Wildman–Crippen LogP) is 6.25. The summed E-state index contributed by atoms with van der Waals surface area (Å²) in [4.78, 5) is 0. The molecular formula is C24H28. The van der Waals surface area contributed by atoms with E-state index in [1.807, 2.05) is 0 Å². The van der Waals surface area contributed by atoms with Crippen LogP contribution in [0.3, 0.4) is 0 Å². The first kappa shape index (κ1) is 18.2. The molecule has 0 aliphatic carbocycles. The lowest BCUT2D eigenvalue weighted by atomic mass is 9.92. The SMILES string of the molecule is Cc1c(C#CC(C)(C)C)ccc2c(C)c(C#CC(C)(C)C)ccc12. The van der Waals surface area contributed by atoms with E-state index in [1.165, 1.54) is 21.9 Å². The van der Waals surface area contributed by atoms with E-state index in [1.54, 1.807) is 0 Å². The minimum Gasteiger partial charge on any atom is -0.0919 e. The van der Waals surface area contributed by atoms with Crippen molar-refractivity contribution in [1.82, 2.24) is 0 Å². The van der Waals surface area contributed by atoms with Gasteiger partial charge >= 0.3 is 0 Å². The highest BCUT2D eigenvalue weighted by Crippen LogP contribution is 2.27. The summed E-state index contributed by atoms with van der Waals surface area (Å²) >= 11 is 0. The van der Waals surface area contributed by atoms with Gasteiger partial charge in [0, 0.05) is 22.0 Å². The zero-order valence-electron chi connectivity index (χ0n) is 16.3. The lowest BCUT2D eigenvalue weighted by Gasteiger charge is -2.11. The second kappa shape index (κ2) is 6.37. The summed E-state index contributed by atoms with van der Waals surface area (Å²) in [7, 11) is 0. The van der Waals surface area contributed by atoms with Crippen molar-refractivity contribution in [3.05, 3.63) is 46.5 Å². The first-order valence-electron chi connectivity index (χ1n) is 8.57. The molecule has 0 atom stereocenters. The molecular weight excluding hydrogens is 288 g/mol. The van der Waals surface area contributed by atoms with E-state index in [-0.39, 0.29) is 10.8 Å². The van der Waals surface area contributed by atoms with Gasteiger partial charge in [-0.2, -0.15) is 0 Å². The monoisotopic (exact) mass is 316 g/mol. The Labute approximate surface area is 147 Å². The number of benzene rings is 2. The van der Waals surface area contributed by atoms with Crippen molar-refractivity contribution in [3.63, 3.8) is 0 Å². The van der Waals surface area contributed by atoms with Crippen LogP contribution >= 0.6 is 0 Å². The van der Waals surface area contributed by atoms with Crippen LogP contribution in [0.5, 0.6) is 0 Å². The van der Waals surface area contributed by atoms with Crippen molar-refractivity contribution >= 4 is 10.8 Å². The Hall–Kier alpha value is -2.18. The maximum Gasteiger partial charge on any atom is 0.0281 e. The van der Waals surface area contributed by atoms with Crippen LogP contribution in [0.4, 0.5) is 0 Å². The van der Waals surface area contributed by atoms with Crippen LogP contribution in [0.15, 0.2) is 24.3 Å². The fourth-order valence-electron chi connectivity index (χ4n) is 2.49. The minimum absolute atomic E-state index is 0.0176. The van der Waals surface area contributed by atoms with Crippen LogP contribution in [-0.4, -0.2) is 0 Å². The minimum atomic E-state index is 0.0176. The van der Waals surface area contributed by atoms with Crippen molar-refractivity contribution < 1.29 is 0 Å². The Bertz CT molecular complexity index is 812. The van der Waals surface area contributed by atoms with Gasteiger partial charge in [-0.25, -0.2) is 0 Å². The van der Waals surface area contributed by atoms with E-state index < -0.39 is 0 Å². The van der Waals surface area contributed by atoms with Crippen LogP contribution in [0, 0.1) is 48.4 Å². The number of hydrogen-bond acceptors (Lipinski definition) is 0. The van der Waals surface area contributed by atoms with E-state index in [0.717, 1.165) is 11.1 Å². The van der Waals surface area contributed by atoms with Gasteiger partial charge in [0.15, 0.2) is 0 Å². The normalized spacial score (nSPS) is 11.5. The van der Waals surface area contributed by atoms with Gasteiger partial charge in [0.2, 0.25) is 0 Å². The molecule has 0 heterocycles. The van der Waals surface area contributed by atoms with Crippen LogP contribution in [0.2, 0.25) is 0 Å². The molecule has 2 aromatic carbocycles. The Morgan fingerprint density at radius 3 is 1.21 bits per heavy atom. The second-order valence-corrected chi connectivity index (χ2v) is 8.57. The molecule has 0 saturated carbocycles. The molecule has 0 nitrogen and oxygen atoms in total. The van der Waals surface area contributed by atoms with Gasteiger partial charge in [0.25, 0.3) is 0 Å². The van der Waals surface area contributed by atoms with Gasteiger partial charge in [0.05, 0.1) is 0 Å². The van der Waals surface area contributed by atoms with Crippen molar-refractivity contribution in [2.75, 3.05) is 0 Å². The zero-order chi connectivity index (χ0) is 18.1. The van der Waals surface area contributed by atoms with E-state index in [2.05, 4.69) is 103 Å². The van der Waals surface area contributed by atoms with E-state index >= 15 is 0 Å². The average molecular weight is 316 g/mol. The number of aryl methyl sites for hydroxylation is 2. The molecule has 24 heavy (non-hydrogen) atoms. The third-order valence-corrected chi connectivity index (χ3v) is 3.88. The summed E-state index contributed by atoms with van der Waals surface area (Å²) in [5, 5.41) is 2.55. The number of rotatable bonds is 0. The fraction of sp³-hybridized carbons (Fsp3) is 0.417. The first-order valence-corrected chi connectivity index (χ1v) is 8.57. The standard InChI is InChI=1S/C24H28/c1-17-19(13-15-23(3,4)5)9-12-22-18(2)20(10-11-21(17)22)14-16-24(6,7)8/h9-12H,1-8H3. The molecule has 0 fully saturated rings. The van der Waals surface area contributed by atoms with Crippen LogP contribution < -0.4 is 0 Å². The van der Waals surface area contributed by atoms with Gasteiger partial charge in [0.1, 0.15) is 0 Å². The summed E-state index contributed by atoms with van der Waals surface area (Å²) in [6.07, 6.45) is 0. The predicted molar refractivity (Wildman–Crippen MR) is 106 cm³/mol. The smallest absolute Gasteiger partial charge is 0.0281 e. The number of hydrogen-bond donors (Lipinski definition) is 0. The molecule has 0 heteroatoms. The quantitative estimate of drug-likeness (QED) is 0.504. The van der Waals surface area contributed by atoms with Crippen molar-refractivity contribution in [2.24, 2.45) is 10.8 Å². The van der Waals surface area contributed by atoms with E-state index in [4.69, 9.17) is 0 Å². The molecule has 124 valence electrons. The Morgan fingerprint density at radius 1 is 0.583 bits per heavy atom. The molecule has 0 amide bonds. The molecule has 2 rings (SSSR count). The van der Waals surface area contributed by atoms with Gasteiger partial charge < -0.3 is 0 Å². The molecule has 0 unspecified atom stereocenters. The fourth-order valence-corrected chi connectivity index (χ4v) is 2.49. The van der Waals surface area contributed by atoms with E-state index in [9.17, 15) is 0 Å². The maximum atomic E-state index is 3.35. The lowest BCUT2D eigenvalue weighted by molar-refractivity contribution is 0.570. The van der Waals surface area contributed by atoms with Crippen molar-refractivity contribution in [3.8, 4) is 23.7 Å². The third-order valence-electron chi connectivity index (χ3n) is 3.88. The lowest BCUT2D eigenvalue weighted by Crippen LogP contribution is -2.00. The summed E-state index contributed by atoms with van der Waals surface area (Å²) < 4.78 is 0. The molecule has 0 saturated heterocycles. The van der Waals surface area contributed by atoms with Crippen molar-refractivity contribution in [1.29, 1.82) is 0 Å². The highest BCUT2D eigenvalue weighted by molar-refractivity contribution is 5.91. The van der Waals surface area contributed by atoms with E-state index in [0.29, 0.717) is 0 Å². The summed E-state index contributed by atoms with van der Waals surface area (Å²) in [6, 6.07) is 8.66. The molecule has 0 spiro atoms. The molecule has 0 radical (unpaired) electrons. The highest BCUT2D eigenvalue weighted by Gasteiger charge is 2.09. The molecule has 0 aromatic heterocycles. The number of fused-ring (bicyclic) bond motifs is 1. The van der Waals surface area contributed by atoms with Crippen LogP contribution in [-0.2, 0) is 0 Å². The Morgan fingerprint density at radius 2 is 0.917 bits per heavy atom. The molecule has 0 N–H and O–H groups in total. The third kappa shape index (κ3) is 4.43. The second-order valence-electron chi connectivity index (χ2n) is 8.57. The van der Waals surface area contributed by atoms with Crippen molar-refractivity contribution in [2.45, 2.75) is 55.4 Å². The summed E-state index contributed by atoms with van der Waals surface area (Å²) in [5.41, 5.74) is 4.77. The Balaban J connectivity index is 2.58. The summed E-state index contributed by atoms with van der Waals surface area (Å²) in [5.74, 6) is 13.4. The van der Waals surface area contributed by atoms with Crippen LogP contribution in [0.25, 0.3) is 10.8 Å². The van der Waals surface area contributed by atoms with Crippen LogP contribution in [0.1, 0.15) is 63.8 Å². The largest absolute Gasteiger partial charge is 0.0919 e. The topological polar surface area (TPSA) is 0 Å². The first-order chi connectivity index (χ1) is 11.0. The molecule has 2 aromatic rings. The Kier molecular flexibility index (Phi) is 4.82. The summed E-state index contributed by atoms with van der Waals surface area (Å²) in [6.45, 7) is 17.2. The molecule has 0 aliphatic rings. The highest BCUT2D eigenvalue weighted by atomic mass is 14.1.